The van der Waals surface area contributed by atoms with E-state index in [0.717, 1.165) is 24.2 Å². The molecule has 104 valence electrons. The second-order valence-electron chi connectivity index (χ2n) is 5.04. The van der Waals surface area contributed by atoms with Crippen molar-refractivity contribution in [2.45, 2.75) is 26.3 Å². The van der Waals surface area contributed by atoms with E-state index in [1.54, 1.807) is 7.05 Å². The van der Waals surface area contributed by atoms with E-state index in [2.05, 4.69) is 40.7 Å². The summed E-state index contributed by atoms with van der Waals surface area (Å²) in [6.45, 7) is 3.65. The lowest BCUT2D eigenvalue weighted by Crippen LogP contribution is -2.34. The molecular weight excluding hydrogens is 238 g/mol. The Hall–Kier alpha value is -1.71. The van der Waals surface area contributed by atoms with Crippen LogP contribution in [0.2, 0.25) is 0 Å². The second kappa shape index (κ2) is 6.45. The number of guanidine groups is 1. The van der Waals surface area contributed by atoms with Gasteiger partial charge in [-0.15, -0.1) is 0 Å². The summed E-state index contributed by atoms with van der Waals surface area (Å²) in [5.41, 5.74) is 2.40. The number of benzene rings is 1. The summed E-state index contributed by atoms with van der Waals surface area (Å²) in [4.78, 5) is 4.11. The van der Waals surface area contributed by atoms with E-state index in [1.165, 1.54) is 24.0 Å². The highest BCUT2D eigenvalue weighted by atomic mass is 16.5. The van der Waals surface area contributed by atoms with Crippen molar-refractivity contribution in [1.82, 2.24) is 10.6 Å². The Morgan fingerprint density at radius 1 is 1.42 bits per heavy atom. The minimum Gasteiger partial charge on any atom is -0.493 e. The molecule has 0 atom stereocenters. The fourth-order valence-electron chi connectivity index (χ4n) is 1.89. The largest absolute Gasteiger partial charge is 0.493 e. The predicted octanol–water partition coefficient (Wildman–Crippen LogP) is 2.08. The van der Waals surface area contributed by atoms with Gasteiger partial charge in [-0.05, 0) is 37.3 Å². The standard InChI is InChI=1S/C15H23N3O/c1-11-4-7-13(9-18-15(16-2)17-3)14(8-11)19-10-12-5-6-12/h4,7-8,12H,5-6,9-10H2,1-3H3,(H2,16,17,18). The molecule has 1 fully saturated rings. The minimum absolute atomic E-state index is 0.716. The third-order valence-electron chi connectivity index (χ3n) is 3.30. The molecule has 2 rings (SSSR count). The average molecular weight is 261 g/mol. The van der Waals surface area contributed by atoms with E-state index in [4.69, 9.17) is 4.74 Å². The first-order chi connectivity index (χ1) is 9.22. The zero-order valence-electron chi connectivity index (χ0n) is 12.0. The van der Waals surface area contributed by atoms with Crippen molar-refractivity contribution in [1.29, 1.82) is 0 Å². The molecule has 1 aromatic rings. The van der Waals surface area contributed by atoms with Crippen LogP contribution in [-0.4, -0.2) is 26.7 Å². The number of nitrogens with one attached hydrogen (secondary N) is 2. The van der Waals surface area contributed by atoms with Crippen LogP contribution in [0.4, 0.5) is 0 Å². The molecule has 2 N–H and O–H groups in total. The Labute approximate surface area is 115 Å². The molecule has 19 heavy (non-hydrogen) atoms. The van der Waals surface area contributed by atoms with Crippen LogP contribution in [0, 0.1) is 12.8 Å². The Balaban J connectivity index is 2.00. The van der Waals surface area contributed by atoms with Gasteiger partial charge in [-0.1, -0.05) is 12.1 Å². The van der Waals surface area contributed by atoms with Crippen molar-refractivity contribution in [2.75, 3.05) is 20.7 Å². The molecule has 0 spiro atoms. The maximum Gasteiger partial charge on any atom is 0.190 e. The third-order valence-corrected chi connectivity index (χ3v) is 3.30. The molecule has 0 bridgehead atoms. The molecule has 0 aliphatic heterocycles. The van der Waals surface area contributed by atoms with E-state index in [1.807, 2.05) is 7.05 Å². The summed E-state index contributed by atoms with van der Waals surface area (Å²) in [5.74, 6) is 2.55. The molecule has 0 aromatic heterocycles. The van der Waals surface area contributed by atoms with Crippen molar-refractivity contribution in [3.63, 3.8) is 0 Å². The second-order valence-corrected chi connectivity index (χ2v) is 5.04. The first-order valence-electron chi connectivity index (χ1n) is 6.83. The zero-order chi connectivity index (χ0) is 13.7. The number of hydrogen-bond acceptors (Lipinski definition) is 2. The van der Waals surface area contributed by atoms with Gasteiger partial charge in [0, 0.05) is 26.2 Å². The first-order valence-corrected chi connectivity index (χ1v) is 6.83. The van der Waals surface area contributed by atoms with Crippen molar-refractivity contribution in [3.8, 4) is 5.75 Å². The van der Waals surface area contributed by atoms with Crippen LogP contribution in [0.1, 0.15) is 24.0 Å². The summed E-state index contributed by atoms with van der Waals surface area (Å²) in [6.07, 6.45) is 2.62. The highest BCUT2D eigenvalue weighted by Gasteiger charge is 2.22. The summed E-state index contributed by atoms with van der Waals surface area (Å²) < 4.78 is 5.94. The fraction of sp³-hybridized carbons (Fsp3) is 0.533. The molecule has 4 heteroatoms. The maximum absolute atomic E-state index is 5.94. The summed E-state index contributed by atoms with van der Waals surface area (Å²) in [5, 5.41) is 6.27. The molecule has 1 aliphatic rings. The van der Waals surface area contributed by atoms with E-state index in [9.17, 15) is 0 Å². The molecule has 0 heterocycles. The minimum atomic E-state index is 0.716. The Morgan fingerprint density at radius 2 is 2.21 bits per heavy atom. The SMILES string of the molecule is CN=C(NC)NCc1ccc(C)cc1OCC1CC1. The van der Waals surface area contributed by atoms with Gasteiger partial charge >= 0.3 is 0 Å². The van der Waals surface area contributed by atoms with Gasteiger partial charge in [0.05, 0.1) is 6.61 Å². The summed E-state index contributed by atoms with van der Waals surface area (Å²) in [7, 11) is 3.62. The quantitative estimate of drug-likeness (QED) is 0.630. The third kappa shape index (κ3) is 4.16. The molecular formula is C15H23N3O. The predicted molar refractivity (Wildman–Crippen MR) is 78.7 cm³/mol. The van der Waals surface area contributed by atoms with Gasteiger partial charge in [-0.25, -0.2) is 0 Å². The van der Waals surface area contributed by atoms with Crippen LogP contribution in [-0.2, 0) is 6.54 Å². The van der Waals surface area contributed by atoms with Gasteiger partial charge in [-0.3, -0.25) is 4.99 Å². The number of ether oxygens (including phenoxy) is 1. The molecule has 4 nitrogen and oxygen atoms in total. The Bertz CT molecular complexity index is 453. The summed E-state index contributed by atoms with van der Waals surface area (Å²) in [6, 6.07) is 6.35. The van der Waals surface area contributed by atoms with E-state index < -0.39 is 0 Å². The topological polar surface area (TPSA) is 45.7 Å². The van der Waals surface area contributed by atoms with Crippen LogP contribution >= 0.6 is 0 Å². The van der Waals surface area contributed by atoms with Crippen LogP contribution < -0.4 is 15.4 Å². The Morgan fingerprint density at radius 3 is 2.84 bits per heavy atom. The van der Waals surface area contributed by atoms with Gasteiger partial charge in [0.2, 0.25) is 0 Å². The zero-order valence-corrected chi connectivity index (χ0v) is 12.0. The van der Waals surface area contributed by atoms with E-state index in [-0.39, 0.29) is 0 Å². The van der Waals surface area contributed by atoms with Gasteiger partial charge in [0.15, 0.2) is 5.96 Å². The molecule has 1 saturated carbocycles. The lowest BCUT2D eigenvalue weighted by Gasteiger charge is -2.14. The lowest BCUT2D eigenvalue weighted by atomic mass is 10.1. The number of hydrogen-bond donors (Lipinski definition) is 2. The molecule has 1 aliphatic carbocycles. The van der Waals surface area contributed by atoms with Crippen LogP contribution in [0.3, 0.4) is 0 Å². The van der Waals surface area contributed by atoms with Crippen molar-refractivity contribution >= 4 is 5.96 Å². The van der Waals surface area contributed by atoms with Crippen molar-refractivity contribution in [2.24, 2.45) is 10.9 Å². The van der Waals surface area contributed by atoms with Gasteiger partial charge in [0.25, 0.3) is 0 Å². The number of nitrogens with zero attached hydrogens (tertiary/aromatic N) is 1. The Kier molecular flexibility index (Phi) is 4.66. The van der Waals surface area contributed by atoms with Crippen LogP contribution in [0.5, 0.6) is 5.75 Å². The molecule has 1 aromatic carbocycles. The van der Waals surface area contributed by atoms with Crippen molar-refractivity contribution in [3.05, 3.63) is 29.3 Å². The van der Waals surface area contributed by atoms with Crippen molar-refractivity contribution < 1.29 is 4.74 Å². The van der Waals surface area contributed by atoms with E-state index >= 15 is 0 Å². The average Bonchev–Trinajstić information content (AvgIpc) is 3.23. The van der Waals surface area contributed by atoms with Gasteiger partial charge in [-0.2, -0.15) is 0 Å². The van der Waals surface area contributed by atoms with Gasteiger partial charge < -0.3 is 15.4 Å². The van der Waals surface area contributed by atoms with Crippen LogP contribution in [0.25, 0.3) is 0 Å². The fourth-order valence-corrected chi connectivity index (χ4v) is 1.89. The molecule has 0 radical (unpaired) electrons. The monoisotopic (exact) mass is 261 g/mol. The number of rotatable bonds is 5. The summed E-state index contributed by atoms with van der Waals surface area (Å²) >= 11 is 0. The number of aryl methyl sites for hydroxylation is 1. The molecule has 0 amide bonds. The number of aliphatic imine (C=N–C) groups is 1. The highest BCUT2D eigenvalue weighted by molar-refractivity contribution is 5.79. The molecule has 0 unspecified atom stereocenters. The highest BCUT2D eigenvalue weighted by Crippen LogP contribution is 2.30. The van der Waals surface area contributed by atoms with Crippen LogP contribution in [0.15, 0.2) is 23.2 Å². The molecule has 0 saturated heterocycles. The smallest absolute Gasteiger partial charge is 0.190 e. The van der Waals surface area contributed by atoms with E-state index in [0.29, 0.717) is 6.54 Å². The normalized spacial score (nSPS) is 15.2. The first kappa shape index (κ1) is 13.7. The van der Waals surface area contributed by atoms with Gasteiger partial charge in [0.1, 0.15) is 5.75 Å². The lowest BCUT2D eigenvalue weighted by molar-refractivity contribution is 0.296. The maximum atomic E-state index is 5.94.